The first kappa shape index (κ1) is 13.3. The highest BCUT2D eigenvalue weighted by Crippen LogP contribution is 2.24. The van der Waals surface area contributed by atoms with E-state index in [2.05, 4.69) is 10.2 Å². The Kier molecular flexibility index (Phi) is 4.44. The summed E-state index contributed by atoms with van der Waals surface area (Å²) in [7, 11) is -2.81. The molecule has 2 aliphatic heterocycles. The molecule has 0 bridgehead atoms. The van der Waals surface area contributed by atoms with Crippen LogP contribution in [0.25, 0.3) is 0 Å². The Balaban J connectivity index is 1.78. The number of hydrogen-bond donors (Lipinski definition) is 1. The van der Waals surface area contributed by atoms with Crippen LogP contribution in [0.15, 0.2) is 0 Å². The molecule has 0 aromatic carbocycles. The Hall–Kier alpha value is -0.130. The van der Waals surface area contributed by atoms with E-state index >= 15 is 0 Å². The first-order valence-corrected chi connectivity index (χ1v) is 8.59. The molecule has 2 aliphatic rings. The third-order valence-electron chi connectivity index (χ3n) is 3.91. The van der Waals surface area contributed by atoms with Crippen LogP contribution in [0.1, 0.15) is 26.2 Å². The molecule has 17 heavy (non-hydrogen) atoms. The maximum atomic E-state index is 11.7. The van der Waals surface area contributed by atoms with Gasteiger partial charge in [-0.15, -0.1) is 0 Å². The van der Waals surface area contributed by atoms with Crippen molar-refractivity contribution in [3.63, 3.8) is 0 Å². The maximum Gasteiger partial charge on any atom is 0.151 e. The van der Waals surface area contributed by atoms with Crippen LogP contribution in [-0.4, -0.2) is 57.0 Å². The lowest BCUT2D eigenvalue weighted by molar-refractivity contribution is 0.331. The molecule has 0 radical (unpaired) electrons. The highest BCUT2D eigenvalue weighted by Gasteiger charge is 2.34. The molecular formula is C12H24N2O2S. The normalized spacial score (nSPS) is 30.4. The van der Waals surface area contributed by atoms with Crippen molar-refractivity contribution in [1.29, 1.82) is 0 Å². The molecule has 2 unspecified atom stereocenters. The highest BCUT2D eigenvalue weighted by atomic mass is 32.2. The first-order valence-electron chi connectivity index (χ1n) is 6.77. The summed E-state index contributed by atoms with van der Waals surface area (Å²) >= 11 is 0. The Labute approximate surface area is 105 Å². The van der Waals surface area contributed by atoms with Crippen LogP contribution in [0.3, 0.4) is 0 Å². The molecule has 5 heteroatoms. The zero-order chi connectivity index (χ0) is 12.3. The molecule has 100 valence electrons. The van der Waals surface area contributed by atoms with Gasteiger partial charge in [0.25, 0.3) is 0 Å². The van der Waals surface area contributed by atoms with Gasteiger partial charge in [0.2, 0.25) is 0 Å². The minimum absolute atomic E-state index is 0.334. The fraction of sp³-hybridized carbons (Fsp3) is 1.00. The molecule has 0 aromatic rings. The molecule has 0 spiro atoms. The molecule has 2 heterocycles. The average Bonchev–Trinajstić information content (AvgIpc) is 2.69. The van der Waals surface area contributed by atoms with Gasteiger partial charge >= 0.3 is 0 Å². The summed E-state index contributed by atoms with van der Waals surface area (Å²) in [4.78, 5) is 2.32. The van der Waals surface area contributed by atoms with Crippen LogP contribution in [0.4, 0.5) is 0 Å². The first-order chi connectivity index (χ1) is 8.11. The second-order valence-electron chi connectivity index (χ2n) is 5.37. The van der Waals surface area contributed by atoms with E-state index in [9.17, 15) is 8.42 Å². The smallest absolute Gasteiger partial charge is 0.151 e. The number of hydrogen-bond acceptors (Lipinski definition) is 4. The third-order valence-corrected chi connectivity index (χ3v) is 5.74. The van der Waals surface area contributed by atoms with E-state index in [1.807, 2.05) is 6.92 Å². The van der Waals surface area contributed by atoms with Crippen LogP contribution in [0, 0.1) is 5.92 Å². The summed E-state index contributed by atoms with van der Waals surface area (Å²) in [6, 6.07) is 0.609. The Morgan fingerprint density at radius 1 is 1.29 bits per heavy atom. The number of sulfone groups is 1. The van der Waals surface area contributed by atoms with E-state index in [0.29, 0.717) is 17.5 Å². The van der Waals surface area contributed by atoms with Crippen molar-refractivity contribution in [3.05, 3.63) is 0 Å². The van der Waals surface area contributed by atoms with Crippen LogP contribution in [0.2, 0.25) is 0 Å². The molecular weight excluding hydrogens is 236 g/mol. The monoisotopic (exact) mass is 260 g/mol. The highest BCUT2D eigenvalue weighted by molar-refractivity contribution is 7.91. The predicted molar refractivity (Wildman–Crippen MR) is 69.9 cm³/mol. The number of piperidine rings is 1. The third kappa shape index (κ3) is 3.66. The van der Waals surface area contributed by atoms with Crippen molar-refractivity contribution < 1.29 is 8.42 Å². The molecule has 0 saturated carbocycles. The second kappa shape index (κ2) is 5.67. The maximum absolute atomic E-state index is 11.7. The predicted octanol–water partition coefficient (Wildman–Crippen LogP) is 0.495. The fourth-order valence-electron chi connectivity index (χ4n) is 3.00. The van der Waals surface area contributed by atoms with Gasteiger partial charge in [-0.1, -0.05) is 6.92 Å². The van der Waals surface area contributed by atoms with E-state index in [1.165, 1.54) is 12.8 Å². The summed E-state index contributed by atoms with van der Waals surface area (Å²) < 4.78 is 23.3. The molecule has 4 nitrogen and oxygen atoms in total. The number of fused-ring (bicyclic) bond motifs is 1. The lowest BCUT2D eigenvalue weighted by atomic mass is 9.94. The standard InChI is InChI=1S/C12H24N2O2S/c1-2-7-17(15,16)8-6-14-9-11-4-3-5-13-12(11)10-14/h11-13H,2-10H2,1H3. The quantitative estimate of drug-likeness (QED) is 0.782. The number of nitrogens with zero attached hydrogens (tertiary/aromatic N) is 1. The largest absolute Gasteiger partial charge is 0.312 e. The van der Waals surface area contributed by atoms with Crippen molar-refractivity contribution in [1.82, 2.24) is 10.2 Å². The Morgan fingerprint density at radius 3 is 2.82 bits per heavy atom. The topological polar surface area (TPSA) is 49.4 Å². The molecule has 0 aliphatic carbocycles. The zero-order valence-electron chi connectivity index (χ0n) is 10.7. The summed E-state index contributed by atoms with van der Waals surface area (Å²) in [5, 5.41) is 3.54. The van der Waals surface area contributed by atoms with Crippen molar-refractivity contribution in [2.75, 3.05) is 37.7 Å². The van der Waals surface area contributed by atoms with E-state index < -0.39 is 9.84 Å². The van der Waals surface area contributed by atoms with Crippen LogP contribution in [-0.2, 0) is 9.84 Å². The Morgan fingerprint density at radius 2 is 2.12 bits per heavy atom. The van der Waals surface area contributed by atoms with Crippen LogP contribution >= 0.6 is 0 Å². The second-order valence-corrected chi connectivity index (χ2v) is 7.68. The van der Waals surface area contributed by atoms with Gasteiger partial charge in [-0.25, -0.2) is 8.42 Å². The molecule has 2 fully saturated rings. The molecule has 2 rings (SSSR count). The van der Waals surface area contributed by atoms with Crippen molar-refractivity contribution in [2.45, 2.75) is 32.2 Å². The number of likely N-dealkylation sites (tertiary alicyclic amines) is 1. The number of rotatable bonds is 5. The van der Waals surface area contributed by atoms with Crippen molar-refractivity contribution in [2.24, 2.45) is 5.92 Å². The van der Waals surface area contributed by atoms with Crippen LogP contribution in [0.5, 0.6) is 0 Å². The summed E-state index contributed by atoms with van der Waals surface area (Å²) in [6.07, 6.45) is 3.30. The van der Waals surface area contributed by atoms with Crippen molar-refractivity contribution >= 4 is 9.84 Å². The average molecular weight is 260 g/mol. The summed E-state index contributed by atoms with van der Waals surface area (Å²) in [5.74, 6) is 1.42. The minimum Gasteiger partial charge on any atom is -0.312 e. The van der Waals surface area contributed by atoms with E-state index in [-0.39, 0.29) is 0 Å². The lowest BCUT2D eigenvalue weighted by Gasteiger charge is -2.24. The SMILES string of the molecule is CCCS(=O)(=O)CCN1CC2CCCNC2C1. The molecule has 1 N–H and O–H groups in total. The van der Waals surface area contributed by atoms with Gasteiger partial charge in [0.15, 0.2) is 9.84 Å². The van der Waals surface area contributed by atoms with Gasteiger partial charge in [0, 0.05) is 31.4 Å². The number of nitrogens with one attached hydrogen (secondary N) is 1. The summed E-state index contributed by atoms with van der Waals surface area (Å²) in [6.45, 7) is 5.89. The molecule has 2 saturated heterocycles. The zero-order valence-corrected chi connectivity index (χ0v) is 11.5. The van der Waals surface area contributed by atoms with Crippen molar-refractivity contribution in [3.8, 4) is 0 Å². The van der Waals surface area contributed by atoms with Gasteiger partial charge in [0.1, 0.15) is 0 Å². The van der Waals surface area contributed by atoms with Gasteiger partial charge < -0.3 is 10.2 Å². The van der Waals surface area contributed by atoms with Gasteiger partial charge in [0.05, 0.1) is 5.75 Å². The van der Waals surface area contributed by atoms with Gasteiger partial charge in [-0.3, -0.25) is 0 Å². The van der Waals surface area contributed by atoms with E-state index in [4.69, 9.17) is 0 Å². The van der Waals surface area contributed by atoms with E-state index in [1.54, 1.807) is 0 Å². The minimum atomic E-state index is -2.81. The molecule has 2 atom stereocenters. The molecule has 0 aromatic heterocycles. The molecule has 0 amide bonds. The Bertz CT molecular complexity index is 328. The summed E-state index contributed by atoms with van der Waals surface area (Å²) in [5.41, 5.74) is 0. The van der Waals surface area contributed by atoms with E-state index in [0.717, 1.165) is 38.5 Å². The van der Waals surface area contributed by atoms with Gasteiger partial charge in [-0.05, 0) is 31.7 Å². The van der Waals surface area contributed by atoms with Gasteiger partial charge in [-0.2, -0.15) is 0 Å². The fourth-order valence-corrected chi connectivity index (χ4v) is 4.36. The lowest BCUT2D eigenvalue weighted by Crippen LogP contribution is -2.40. The van der Waals surface area contributed by atoms with Crippen LogP contribution < -0.4 is 5.32 Å².